The molecular weight excluding hydrogens is 256 g/mol. The number of nitrogens with zero attached hydrogens (tertiary/aromatic N) is 3. The van der Waals surface area contributed by atoms with Crippen molar-refractivity contribution in [1.29, 1.82) is 0 Å². The number of carbonyl (C=O) groups is 1. The van der Waals surface area contributed by atoms with Gasteiger partial charge in [-0.05, 0) is 32.9 Å². The van der Waals surface area contributed by atoms with Crippen molar-refractivity contribution in [1.82, 2.24) is 4.90 Å². The second-order valence-electron chi connectivity index (χ2n) is 5.31. The summed E-state index contributed by atoms with van der Waals surface area (Å²) in [5, 5.41) is 16.5. The van der Waals surface area contributed by atoms with Gasteiger partial charge >= 0.3 is 0 Å². The number of carbonyl (C=O) groups excluding carboxylic acids is 1. The molecule has 0 aliphatic carbocycles. The molecule has 1 amide bonds. The second-order valence-corrected chi connectivity index (χ2v) is 5.31. The largest absolute Gasteiger partial charge is 0.411 e. The van der Waals surface area contributed by atoms with Crippen LogP contribution in [0.15, 0.2) is 34.5 Å². The van der Waals surface area contributed by atoms with Crippen LogP contribution in [0.3, 0.4) is 0 Å². The van der Waals surface area contributed by atoms with Crippen molar-refractivity contribution in [2.45, 2.75) is 26.3 Å². The van der Waals surface area contributed by atoms with Crippen molar-refractivity contribution in [2.75, 3.05) is 12.5 Å². The zero-order valence-electron chi connectivity index (χ0n) is 12.0. The predicted molar refractivity (Wildman–Crippen MR) is 78.3 cm³/mol. The predicted octanol–water partition coefficient (Wildman–Crippen LogP) is 1.84. The van der Waals surface area contributed by atoms with Crippen LogP contribution in [-0.4, -0.2) is 40.0 Å². The Morgan fingerprint density at radius 1 is 1.25 bits per heavy atom. The smallest absolute Gasteiger partial charge is 0.276 e. The molecule has 20 heavy (non-hydrogen) atoms. The molecule has 1 aliphatic rings. The Morgan fingerprint density at radius 2 is 1.85 bits per heavy atom. The molecule has 1 aromatic rings. The van der Waals surface area contributed by atoms with E-state index in [2.05, 4.69) is 15.7 Å². The molecule has 0 radical (unpaired) electrons. The topological polar surface area (TPSA) is 77.3 Å². The molecule has 0 spiro atoms. The minimum absolute atomic E-state index is 0.126. The van der Waals surface area contributed by atoms with Crippen molar-refractivity contribution in [3.63, 3.8) is 0 Å². The van der Waals surface area contributed by atoms with Gasteiger partial charge in [0.2, 0.25) is 0 Å². The van der Waals surface area contributed by atoms with Crippen LogP contribution in [0.5, 0.6) is 0 Å². The number of anilines is 1. The quantitative estimate of drug-likeness (QED) is 0.638. The van der Waals surface area contributed by atoms with Gasteiger partial charge in [-0.15, -0.1) is 0 Å². The summed E-state index contributed by atoms with van der Waals surface area (Å²) in [6.07, 6.45) is 0. The highest BCUT2D eigenvalue weighted by molar-refractivity contribution is 6.71. The minimum atomic E-state index is -0.681. The van der Waals surface area contributed by atoms with Gasteiger partial charge in [0.25, 0.3) is 5.91 Å². The lowest BCUT2D eigenvalue weighted by molar-refractivity contribution is -0.124. The first-order valence-electron chi connectivity index (χ1n) is 6.29. The molecule has 0 saturated carbocycles. The van der Waals surface area contributed by atoms with E-state index in [0.717, 1.165) is 11.3 Å². The Kier molecular flexibility index (Phi) is 3.48. The van der Waals surface area contributed by atoms with Crippen molar-refractivity contribution < 1.29 is 10.0 Å². The molecule has 1 aromatic carbocycles. The lowest BCUT2D eigenvalue weighted by Gasteiger charge is -2.25. The van der Waals surface area contributed by atoms with Crippen LogP contribution < -0.4 is 5.43 Å². The first kappa shape index (κ1) is 14.0. The summed E-state index contributed by atoms with van der Waals surface area (Å²) < 4.78 is 0. The highest BCUT2D eigenvalue weighted by Crippen LogP contribution is 2.24. The van der Waals surface area contributed by atoms with E-state index < -0.39 is 5.54 Å². The molecule has 1 saturated heterocycles. The fourth-order valence-corrected chi connectivity index (χ4v) is 1.98. The fourth-order valence-electron chi connectivity index (χ4n) is 1.98. The van der Waals surface area contributed by atoms with E-state index in [1.807, 2.05) is 31.2 Å². The molecule has 1 fully saturated rings. The molecule has 0 bridgehead atoms. The summed E-state index contributed by atoms with van der Waals surface area (Å²) in [6.45, 7) is 5.59. The van der Waals surface area contributed by atoms with E-state index in [1.165, 1.54) is 4.90 Å². The van der Waals surface area contributed by atoms with Gasteiger partial charge < -0.3 is 10.1 Å². The van der Waals surface area contributed by atoms with Gasteiger partial charge in [-0.2, -0.15) is 5.10 Å². The summed E-state index contributed by atoms with van der Waals surface area (Å²) in [6, 6.07) is 7.61. The highest BCUT2D eigenvalue weighted by Gasteiger charge is 2.47. The van der Waals surface area contributed by atoms with Crippen molar-refractivity contribution in [3.05, 3.63) is 29.8 Å². The third kappa shape index (κ3) is 2.24. The van der Waals surface area contributed by atoms with Crippen LogP contribution in [0.1, 0.15) is 19.4 Å². The maximum absolute atomic E-state index is 12.1. The van der Waals surface area contributed by atoms with Gasteiger partial charge in [-0.25, -0.2) is 0 Å². The van der Waals surface area contributed by atoms with Crippen LogP contribution in [0, 0.1) is 6.92 Å². The van der Waals surface area contributed by atoms with Gasteiger partial charge in [0, 0.05) is 7.05 Å². The molecule has 2 N–H and O–H groups in total. The summed E-state index contributed by atoms with van der Waals surface area (Å²) >= 11 is 0. The second kappa shape index (κ2) is 4.96. The van der Waals surface area contributed by atoms with Gasteiger partial charge in [0.05, 0.1) is 11.2 Å². The van der Waals surface area contributed by atoms with Crippen LogP contribution in [0.2, 0.25) is 0 Å². The Hall–Kier alpha value is -2.37. The Balaban J connectivity index is 2.29. The van der Waals surface area contributed by atoms with Gasteiger partial charge in [-0.1, -0.05) is 22.9 Å². The molecule has 0 unspecified atom stereocenters. The van der Waals surface area contributed by atoms with Crippen molar-refractivity contribution >= 4 is 23.0 Å². The first-order valence-corrected chi connectivity index (χ1v) is 6.29. The third-order valence-corrected chi connectivity index (χ3v) is 3.60. The number of aryl methyl sites for hydroxylation is 1. The standard InChI is InChI=1S/C14H18N4O2/c1-9-5-7-10(8-6-9)15-16-11-12(17-20)14(2,3)18(4)13(11)19/h5-8,15,20H,1-4H3/b16-11+,17-12-. The Bertz CT molecular complexity index is 588. The summed E-state index contributed by atoms with van der Waals surface area (Å²) in [5.41, 5.74) is 4.42. The number of benzene rings is 1. The van der Waals surface area contributed by atoms with E-state index in [1.54, 1.807) is 20.9 Å². The van der Waals surface area contributed by atoms with Crippen molar-refractivity contribution in [3.8, 4) is 0 Å². The minimum Gasteiger partial charge on any atom is -0.411 e. The van der Waals surface area contributed by atoms with Crippen LogP contribution >= 0.6 is 0 Å². The van der Waals surface area contributed by atoms with Crippen LogP contribution in [0.4, 0.5) is 5.69 Å². The zero-order chi connectivity index (χ0) is 14.9. The molecule has 1 aliphatic heterocycles. The number of nitrogens with one attached hydrogen (secondary N) is 1. The average molecular weight is 274 g/mol. The lowest BCUT2D eigenvalue weighted by Crippen LogP contribution is -2.41. The summed E-state index contributed by atoms with van der Waals surface area (Å²) in [7, 11) is 1.65. The fraction of sp³-hybridized carbons (Fsp3) is 0.357. The molecule has 0 atom stereocenters. The van der Waals surface area contributed by atoms with Crippen molar-refractivity contribution in [2.24, 2.45) is 10.3 Å². The molecule has 6 nitrogen and oxygen atoms in total. The molecule has 6 heteroatoms. The van der Waals surface area contributed by atoms with E-state index >= 15 is 0 Å². The van der Waals surface area contributed by atoms with Gasteiger partial charge in [-0.3, -0.25) is 10.2 Å². The third-order valence-electron chi connectivity index (χ3n) is 3.60. The average Bonchev–Trinajstić information content (AvgIpc) is 2.58. The molecule has 0 aromatic heterocycles. The van der Waals surface area contributed by atoms with E-state index in [4.69, 9.17) is 5.21 Å². The summed E-state index contributed by atoms with van der Waals surface area (Å²) in [5.74, 6) is -0.276. The van der Waals surface area contributed by atoms with Crippen LogP contribution in [-0.2, 0) is 4.79 Å². The van der Waals surface area contributed by atoms with Gasteiger partial charge in [0.15, 0.2) is 5.71 Å². The number of hydrogen-bond acceptors (Lipinski definition) is 5. The number of likely N-dealkylation sites (tertiary alicyclic amines) is 1. The maximum atomic E-state index is 12.1. The lowest BCUT2D eigenvalue weighted by atomic mass is 9.99. The zero-order valence-corrected chi connectivity index (χ0v) is 12.0. The summed E-state index contributed by atoms with van der Waals surface area (Å²) in [4.78, 5) is 13.6. The maximum Gasteiger partial charge on any atom is 0.276 e. The first-order chi connectivity index (χ1) is 9.37. The number of amides is 1. The normalized spacial score (nSPS) is 21.8. The Labute approximate surface area is 117 Å². The van der Waals surface area contributed by atoms with Gasteiger partial charge in [0.1, 0.15) is 5.71 Å². The van der Waals surface area contributed by atoms with Crippen LogP contribution in [0.25, 0.3) is 0 Å². The monoisotopic (exact) mass is 274 g/mol. The SMILES string of the molecule is Cc1ccc(N/N=C2/C(=O)N(C)C(C)(C)/C2=N\O)cc1. The number of oxime groups is 1. The molecule has 1 heterocycles. The number of hydrogen-bond donors (Lipinski definition) is 2. The van der Waals surface area contributed by atoms with E-state index in [-0.39, 0.29) is 17.3 Å². The molecule has 2 rings (SSSR count). The highest BCUT2D eigenvalue weighted by atomic mass is 16.4. The molecule has 106 valence electrons. The Morgan fingerprint density at radius 3 is 2.40 bits per heavy atom. The number of rotatable bonds is 2. The molecular formula is C14H18N4O2. The van der Waals surface area contributed by atoms with E-state index in [9.17, 15) is 4.79 Å². The number of hydrazone groups is 1. The van der Waals surface area contributed by atoms with E-state index in [0.29, 0.717) is 0 Å².